The number of aromatic nitrogens is 1. The van der Waals surface area contributed by atoms with Gasteiger partial charge in [0.1, 0.15) is 5.76 Å². The van der Waals surface area contributed by atoms with Gasteiger partial charge in [0, 0.05) is 11.3 Å². The molecule has 2 aromatic carbocycles. The largest absolute Gasteiger partial charge is 0.467 e. The summed E-state index contributed by atoms with van der Waals surface area (Å²) >= 11 is 3.33. The smallest absolute Gasteiger partial charge is 0.229 e. The average Bonchev–Trinajstić information content (AvgIpc) is 3.40. The van der Waals surface area contributed by atoms with Crippen LogP contribution in [0.1, 0.15) is 24.2 Å². The molecule has 2 aromatic heterocycles. The Balaban J connectivity index is 1.42. The molecule has 0 atom stereocenters. The van der Waals surface area contributed by atoms with E-state index in [2.05, 4.69) is 36.2 Å². The lowest BCUT2D eigenvalue weighted by molar-refractivity contribution is -0.118. The molecule has 4 aromatic rings. The molecule has 0 N–H and O–H groups in total. The third kappa shape index (κ3) is 5.08. The lowest BCUT2D eigenvalue weighted by Crippen LogP contribution is -2.30. The SMILES string of the molecule is Cc1ccc(SCCCC(=O)N(Cc2ccco2)c2nc3ccccc3s2)cc1. The van der Waals surface area contributed by atoms with Crippen LogP contribution in [0, 0.1) is 6.92 Å². The number of aryl methyl sites for hydroxylation is 1. The van der Waals surface area contributed by atoms with Crippen LogP contribution in [-0.4, -0.2) is 16.6 Å². The van der Waals surface area contributed by atoms with Crippen LogP contribution in [0.2, 0.25) is 0 Å². The minimum atomic E-state index is 0.0740. The number of furan rings is 1. The van der Waals surface area contributed by atoms with E-state index in [0.717, 1.165) is 33.3 Å². The Bertz CT molecular complexity index is 1040. The third-order valence-electron chi connectivity index (χ3n) is 4.53. The van der Waals surface area contributed by atoms with Crippen LogP contribution in [0.25, 0.3) is 10.2 Å². The highest BCUT2D eigenvalue weighted by Crippen LogP contribution is 2.30. The molecule has 6 heteroatoms. The number of carbonyl (C=O) groups excluding carboxylic acids is 1. The summed E-state index contributed by atoms with van der Waals surface area (Å²) in [5.74, 6) is 1.74. The van der Waals surface area contributed by atoms with E-state index in [1.54, 1.807) is 34.3 Å². The molecule has 2 heterocycles. The van der Waals surface area contributed by atoms with Gasteiger partial charge in [-0.3, -0.25) is 9.69 Å². The number of benzene rings is 2. The fourth-order valence-electron chi connectivity index (χ4n) is 2.98. The van der Waals surface area contributed by atoms with Crippen molar-refractivity contribution < 1.29 is 9.21 Å². The molecule has 4 nitrogen and oxygen atoms in total. The Labute approximate surface area is 178 Å². The normalized spacial score (nSPS) is 11.1. The van der Waals surface area contributed by atoms with Gasteiger partial charge < -0.3 is 4.42 Å². The van der Waals surface area contributed by atoms with Gasteiger partial charge >= 0.3 is 0 Å². The minimum Gasteiger partial charge on any atom is -0.467 e. The zero-order chi connectivity index (χ0) is 20.1. The van der Waals surface area contributed by atoms with Crippen LogP contribution in [-0.2, 0) is 11.3 Å². The standard InChI is InChI=1S/C23H22N2O2S2/c1-17-10-12-19(13-11-17)28-15-5-9-22(26)25(16-18-6-4-14-27-18)23-24-20-7-2-3-8-21(20)29-23/h2-4,6-8,10-14H,5,9,15-16H2,1H3. The van der Waals surface area contributed by atoms with Crippen molar-refractivity contribution in [2.75, 3.05) is 10.7 Å². The molecule has 0 aliphatic heterocycles. The van der Waals surface area contributed by atoms with Crippen LogP contribution >= 0.6 is 23.1 Å². The zero-order valence-electron chi connectivity index (χ0n) is 16.2. The maximum Gasteiger partial charge on any atom is 0.229 e. The number of para-hydroxylation sites is 1. The fraction of sp³-hybridized carbons (Fsp3) is 0.217. The minimum absolute atomic E-state index is 0.0740. The van der Waals surface area contributed by atoms with Gasteiger partial charge in [0.25, 0.3) is 0 Å². The summed E-state index contributed by atoms with van der Waals surface area (Å²) < 4.78 is 6.56. The van der Waals surface area contributed by atoms with E-state index in [1.807, 2.05) is 36.4 Å². The fourth-order valence-corrected chi connectivity index (χ4v) is 4.81. The molecule has 4 rings (SSSR count). The topological polar surface area (TPSA) is 46.3 Å². The van der Waals surface area contributed by atoms with Gasteiger partial charge in [-0.05, 0) is 55.5 Å². The molecule has 0 bridgehead atoms. The van der Waals surface area contributed by atoms with E-state index in [1.165, 1.54) is 10.5 Å². The second kappa shape index (κ2) is 9.29. The summed E-state index contributed by atoms with van der Waals surface area (Å²) in [7, 11) is 0. The quantitative estimate of drug-likeness (QED) is 0.247. The molecule has 29 heavy (non-hydrogen) atoms. The van der Waals surface area contributed by atoms with Crippen LogP contribution in [0.4, 0.5) is 5.13 Å². The number of hydrogen-bond acceptors (Lipinski definition) is 5. The molecule has 0 radical (unpaired) electrons. The Hall–Kier alpha value is -2.57. The first-order valence-corrected chi connectivity index (χ1v) is 11.4. The maximum absolute atomic E-state index is 13.0. The van der Waals surface area contributed by atoms with Crippen molar-refractivity contribution in [3.05, 3.63) is 78.3 Å². The first-order chi connectivity index (χ1) is 14.2. The molecule has 0 saturated carbocycles. The molecule has 0 unspecified atom stereocenters. The van der Waals surface area contributed by atoms with Crippen LogP contribution in [0.15, 0.2) is 76.2 Å². The summed E-state index contributed by atoms with van der Waals surface area (Å²) in [6.07, 6.45) is 2.93. The summed E-state index contributed by atoms with van der Waals surface area (Å²) in [6, 6.07) is 20.2. The number of amides is 1. The predicted octanol–water partition coefficient (Wildman–Crippen LogP) is 6.30. The predicted molar refractivity (Wildman–Crippen MR) is 121 cm³/mol. The lowest BCUT2D eigenvalue weighted by atomic mass is 10.2. The summed E-state index contributed by atoms with van der Waals surface area (Å²) in [5, 5.41) is 0.721. The Morgan fingerprint density at radius 2 is 1.93 bits per heavy atom. The van der Waals surface area contributed by atoms with Gasteiger partial charge in [-0.15, -0.1) is 11.8 Å². The zero-order valence-corrected chi connectivity index (χ0v) is 17.8. The molecule has 0 spiro atoms. The number of anilines is 1. The molecular weight excluding hydrogens is 400 g/mol. The van der Waals surface area contributed by atoms with Gasteiger partial charge in [-0.25, -0.2) is 4.98 Å². The third-order valence-corrected chi connectivity index (χ3v) is 6.69. The van der Waals surface area contributed by atoms with E-state index in [0.29, 0.717) is 13.0 Å². The number of thioether (sulfide) groups is 1. The van der Waals surface area contributed by atoms with Gasteiger partial charge in [0.2, 0.25) is 5.91 Å². The summed E-state index contributed by atoms with van der Waals surface area (Å²) in [6.45, 7) is 2.49. The van der Waals surface area contributed by atoms with Crippen LogP contribution < -0.4 is 4.90 Å². The first kappa shape index (κ1) is 19.7. The molecular formula is C23H22N2O2S2. The summed E-state index contributed by atoms with van der Waals surface area (Å²) in [5.41, 5.74) is 2.17. The van der Waals surface area contributed by atoms with Gasteiger partial charge in [-0.2, -0.15) is 0 Å². The molecule has 0 fully saturated rings. The highest BCUT2D eigenvalue weighted by molar-refractivity contribution is 7.99. The van der Waals surface area contributed by atoms with E-state index in [9.17, 15) is 4.79 Å². The number of hydrogen-bond donors (Lipinski definition) is 0. The highest BCUT2D eigenvalue weighted by Gasteiger charge is 2.21. The second-order valence-corrected chi connectivity index (χ2v) is 8.97. The number of carbonyl (C=O) groups is 1. The van der Waals surface area contributed by atoms with E-state index < -0.39 is 0 Å². The Morgan fingerprint density at radius 1 is 1.10 bits per heavy atom. The van der Waals surface area contributed by atoms with Gasteiger partial charge in [-0.1, -0.05) is 41.2 Å². The number of nitrogens with zero attached hydrogens (tertiary/aromatic N) is 2. The second-order valence-electron chi connectivity index (χ2n) is 6.79. The maximum atomic E-state index is 13.0. The van der Waals surface area contributed by atoms with Crippen molar-refractivity contribution in [2.24, 2.45) is 0 Å². The number of rotatable bonds is 8. The van der Waals surface area contributed by atoms with E-state index in [-0.39, 0.29) is 5.91 Å². The van der Waals surface area contributed by atoms with E-state index >= 15 is 0 Å². The number of fused-ring (bicyclic) bond motifs is 1. The molecule has 0 aliphatic carbocycles. The van der Waals surface area contributed by atoms with Crippen LogP contribution in [0.3, 0.4) is 0 Å². The van der Waals surface area contributed by atoms with Crippen molar-refractivity contribution in [1.82, 2.24) is 4.98 Å². The van der Waals surface area contributed by atoms with Crippen molar-refractivity contribution in [3.63, 3.8) is 0 Å². The Kier molecular flexibility index (Phi) is 6.32. The van der Waals surface area contributed by atoms with Gasteiger partial charge in [0.15, 0.2) is 5.13 Å². The summed E-state index contributed by atoms with van der Waals surface area (Å²) in [4.78, 5) is 20.7. The van der Waals surface area contributed by atoms with Crippen molar-refractivity contribution >= 4 is 44.4 Å². The molecule has 0 aliphatic rings. The Morgan fingerprint density at radius 3 is 2.69 bits per heavy atom. The van der Waals surface area contributed by atoms with Gasteiger partial charge in [0.05, 0.1) is 23.0 Å². The van der Waals surface area contributed by atoms with Crippen molar-refractivity contribution in [1.29, 1.82) is 0 Å². The monoisotopic (exact) mass is 422 g/mol. The average molecular weight is 423 g/mol. The number of thiazole rings is 1. The molecule has 1 amide bonds. The molecule has 148 valence electrons. The van der Waals surface area contributed by atoms with E-state index in [4.69, 9.17) is 4.42 Å². The van der Waals surface area contributed by atoms with Crippen molar-refractivity contribution in [2.45, 2.75) is 31.2 Å². The highest BCUT2D eigenvalue weighted by atomic mass is 32.2. The lowest BCUT2D eigenvalue weighted by Gasteiger charge is -2.18. The van der Waals surface area contributed by atoms with Crippen molar-refractivity contribution in [3.8, 4) is 0 Å². The first-order valence-electron chi connectivity index (χ1n) is 9.57. The molecule has 0 saturated heterocycles. The van der Waals surface area contributed by atoms with Crippen LogP contribution in [0.5, 0.6) is 0 Å².